The molecule has 0 aromatic heterocycles. The first kappa shape index (κ1) is 86.5. The minimum atomic E-state index is -0.0525. The Kier molecular flexibility index (Phi) is 22.8. The van der Waals surface area contributed by atoms with Crippen LogP contribution in [-0.2, 0) is 43.3 Å². The highest BCUT2D eigenvalue weighted by molar-refractivity contribution is 7.00. The Labute approximate surface area is 731 Å². The van der Waals surface area contributed by atoms with E-state index in [1.54, 1.807) is 0 Å². The number of rotatable bonds is 10. The largest absolute Gasteiger partial charge is 0.311 e. The van der Waals surface area contributed by atoms with Crippen molar-refractivity contribution in [3.8, 4) is 22.3 Å². The average molecular weight is 1610 g/mol. The van der Waals surface area contributed by atoms with Gasteiger partial charge in [-0.3, -0.25) is 0 Å². The predicted octanol–water partition coefficient (Wildman–Crippen LogP) is 32.3. The van der Waals surface area contributed by atoms with Gasteiger partial charge in [-0.05, 0) is 283 Å². The monoisotopic (exact) mass is 1610 g/mol. The van der Waals surface area contributed by atoms with E-state index in [4.69, 9.17) is 11.6 Å². The average Bonchev–Trinajstić information content (AvgIpc) is 0.691. The van der Waals surface area contributed by atoms with Crippen molar-refractivity contribution in [2.24, 2.45) is 0 Å². The fourth-order valence-corrected chi connectivity index (χ4v) is 17.8. The predicted molar refractivity (Wildman–Crippen MR) is 533 cm³/mol. The van der Waals surface area contributed by atoms with Crippen molar-refractivity contribution in [1.29, 1.82) is 0 Å². The third-order valence-corrected chi connectivity index (χ3v) is 25.3. The van der Waals surface area contributed by atoms with Gasteiger partial charge in [0.1, 0.15) is 0 Å². The summed E-state index contributed by atoms with van der Waals surface area (Å²) in [6, 6.07) is 106. The fourth-order valence-electron chi connectivity index (χ4n) is 17.5. The molecule has 6 heteroatoms. The highest BCUT2D eigenvalue weighted by Crippen LogP contribution is 2.53. The molecule has 0 unspecified atom stereocenters. The molecule has 0 saturated carbocycles. The molecule has 121 heavy (non-hydrogen) atoms. The van der Waals surface area contributed by atoms with Gasteiger partial charge in [0.15, 0.2) is 0 Å². The normalized spacial score (nSPS) is 13.1. The van der Waals surface area contributed by atoms with Crippen molar-refractivity contribution in [2.45, 2.75) is 231 Å². The lowest BCUT2D eigenvalue weighted by molar-refractivity contribution is 0.590. The van der Waals surface area contributed by atoms with Crippen LogP contribution < -0.4 is 36.0 Å². The maximum Gasteiger partial charge on any atom is 0.252 e. The highest BCUT2D eigenvalue weighted by Gasteiger charge is 2.45. The highest BCUT2D eigenvalue weighted by atomic mass is 35.5. The van der Waals surface area contributed by atoms with E-state index in [-0.39, 0.29) is 57.5 Å². The van der Waals surface area contributed by atoms with Crippen LogP contribution in [0, 0.1) is 13.8 Å². The molecule has 0 N–H and O–H groups in total. The van der Waals surface area contributed by atoms with Gasteiger partial charge in [0.2, 0.25) is 0 Å². The number of aryl methyl sites for hydroxylation is 2. The molecule has 16 rings (SSSR count). The van der Waals surface area contributed by atoms with Gasteiger partial charge in [0.25, 0.3) is 6.71 Å². The van der Waals surface area contributed by atoms with Crippen LogP contribution in [0.25, 0.3) is 43.8 Å². The van der Waals surface area contributed by atoms with Crippen molar-refractivity contribution in [3.05, 3.63) is 340 Å². The maximum atomic E-state index is 7.98. The number of anilines is 12. The van der Waals surface area contributed by atoms with Gasteiger partial charge in [-0.15, -0.1) is 0 Å². The summed E-state index contributed by atoms with van der Waals surface area (Å²) in [5.41, 5.74) is 35.2. The summed E-state index contributed by atoms with van der Waals surface area (Å²) in [5, 5.41) is 5.62. The minimum Gasteiger partial charge on any atom is -0.311 e. The number of nitrogens with zero attached hydrogens (tertiary/aromatic N) is 4. The molecule has 4 nitrogen and oxygen atoms in total. The lowest BCUT2D eigenvalue weighted by atomic mass is 9.33. The summed E-state index contributed by atoms with van der Waals surface area (Å²) in [6.45, 7) is 59.6. The zero-order valence-corrected chi connectivity index (χ0v) is 77.1. The molecule has 618 valence electrons. The maximum absolute atomic E-state index is 7.98. The molecule has 0 radical (unpaired) electrons. The molecule has 2 heterocycles. The first-order chi connectivity index (χ1) is 56.3. The van der Waals surface area contributed by atoms with Crippen molar-refractivity contribution >= 4 is 124 Å². The van der Waals surface area contributed by atoms with Crippen LogP contribution >= 0.6 is 11.6 Å². The summed E-state index contributed by atoms with van der Waals surface area (Å²) >= 11 is 7.98. The molecule has 0 bridgehead atoms. The van der Waals surface area contributed by atoms with Crippen LogP contribution in [0.1, 0.15) is 229 Å². The van der Waals surface area contributed by atoms with E-state index in [1.807, 2.05) is 0 Å². The summed E-state index contributed by atoms with van der Waals surface area (Å²) in [6.07, 6.45) is 0. The molecule has 2 aliphatic heterocycles. The van der Waals surface area contributed by atoms with Crippen LogP contribution in [0.2, 0.25) is 5.02 Å². The third-order valence-electron chi connectivity index (χ3n) is 24.9. The summed E-state index contributed by atoms with van der Waals surface area (Å²) < 4.78 is 0. The van der Waals surface area contributed by atoms with Crippen molar-refractivity contribution in [1.82, 2.24) is 0 Å². The lowest BCUT2D eigenvalue weighted by Gasteiger charge is -2.45. The van der Waals surface area contributed by atoms with Crippen LogP contribution in [0.5, 0.6) is 0 Å². The van der Waals surface area contributed by atoms with Gasteiger partial charge in [0.05, 0.1) is 27.8 Å². The minimum absolute atomic E-state index is 0. The molecular weight excluding hydrogens is 1480 g/mol. The zero-order valence-electron chi connectivity index (χ0n) is 76.3. The Bertz CT molecular complexity index is 6150. The number of benzene rings is 14. The van der Waals surface area contributed by atoms with Gasteiger partial charge in [0, 0.05) is 56.6 Å². The van der Waals surface area contributed by atoms with Gasteiger partial charge < -0.3 is 19.6 Å². The van der Waals surface area contributed by atoms with Crippen LogP contribution in [0.4, 0.5) is 68.2 Å². The molecular formula is C115H128BClN4. The molecule has 0 amide bonds. The number of hydrogen-bond acceptors (Lipinski definition) is 4. The molecule has 0 atom stereocenters. The Morgan fingerprint density at radius 3 is 0.983 bits per heavy atom. The zero-order chi connectivity index (χ0) is 86.0. The van der Waals surface area contributed by atoms with Gasteiger partial charge in [-0.2, -0.15) is 0 Å². The Hall–Kier alpha value is -10.8. The quantitative estimate of drug-likeness (QED) is 0.127. The second-order valence-corrected chi connectivity index (χ2v) is 42.8. The lowest BCUT2D eigenvalue weighted by Crippen LogP contribution is -2.61. The molecule has 2 aliphatic rings. The Morgan fingerprint density at radius 2 is 0.570 bits per heavy atom. The number of halogens is 1. The van der Waals surface area contributed by atoms with Crippen LogP contribution in [0.3, 0.4) is 0 Å². The second kappa shape index (κ2) is 31.9. The Balaban J connectivity index is 0.000000196. The second-order valence-electron chi connectivity index (χ2n) is 42.4. The molecule has 0 spiro atoms. The molecule has 0 aliphatic carbocycles. The van der Waals surface area contributed by atoms with E-state index in [9.17, 15) is 0 Å². The van der Waals surface area contributed by atoms with Crippen molar-refractivity contribution in [3.63, 3.8) is 0 Å². The van der Waals surface area contributed by atoms with E-state index in [0.717, 1.165) is 50.8 Å². The van der Waals surface area contributed by atoms with E-state index in [2.05, 4.69) is 479 Å². The van der Waals surface area contributed by atoms with Crippen molar-refractivity contribution < 1.29 is 0 Å². The molecule has 0 fully saturated rings. The summed E-state index contributed by atoms with van der Waals surface area (Å²) in [5.74, 6) is 0. The smallest absolute Gasteiger partial charge is 0.252 e. The molecule has 14 aromatic rings. The number of fused-ring (bicyclic) bond motifs is 6. The number of hydrogen-bond donors (Lipinski definition) is 0. The molecule has 0 saturated heterocycles. The van der Waals surface area contributed by atoms with Gasteiger partial charge in [-0.1, -0.05) is 343 Å². The summed E-state index contributed by atoms with van der Waals surface area (Å²) in [4.78, 5) is 9.87. The third kappa shape index (κ3) is 17.3. The SMILES string of the molecule is C.Cc1cc(N(c2ccc(C(C)(C)C)cc2)c2ccc(C(C)(C)C)cc2)c(Cl)c(N(c2ccc(C(C)(C)C)cc2)c2ccc(C(C)(C)C)cc2-c2ccc3ccccc3c2)c1.Cc1cc2c3c(c1)N(c1ccc(C(C)(C)C)cc1-c1ccc4ccccc4c1)c1ccc(C(C)(C)C)cc1B3c1cc(C(C)(C)C)ccc1N2c1ccc(C(C)(C)C)cc1. The van der Waals surface area contributed by atoms with E-state index in [1.165, 1.54) is 133 Å². The van der Waals surface area contributed by atoms with Gasteiger partial charge in [-0.25, -0.2) is 0 Å². The van der Waals surface area contributed by atoms with E-state index in [0.29, 0.717) is 5.02 Å². The first-order valence-electron chi connectivity index (χ1n) is 43.4. The topological polar surface area (TPSA) is 13.0 Å². The summed E-state index contributed by atoms with van der Waals surface area (Å²) in [7, 11) is 0. The van der Waals surface area contributed by atoms with Crippen LogP contribution in [-0.4, -0.2) is 6.71 Å². The van der Waals surface area contributed by atoms with Crippen LogP contribution in [0.15, 0.2) is 279 Å². The van der Waals surface area contributed by atoms with E-state index < -0.39 is 0 Å². The van der Waals surface area contributed by atoms with E-state index >= 15 is 0 Å². The first-order valence-corrected chi connectivity index (χ1v) is 43.8. The fraction of sp³-hybridized carbons (Fsp3) is 0.304. The van der Waals surface area contributed by atoms with Gasteiger partial charge >= 0.3 is 0 Å². The molecule has 14 aromatic carbocycles. The standard InChI is InChI=1S/C57H61BN2.C57H63ClN2.CH4/c1-36-30-51-53-52(31-36)60(48-27-22-41(55(5,6)7)33-45(48)39-19-18-37-16-14-15-17-38(37)32-39)50-29-24-43(57(11,12)13)35-47(50)58(53)46-34-42(56(8,9)10)23-28-49(46)59(51)44-25-20-40(21-26-44)54(2,3)4;1-38-34-51(59(46-27-20-42(21-28-46)54(2,3)4)47-29-22-43(23-30-47)55(5,6)7)53(58)52(35-38)60(48-31-24-44(25-32-48)56(8,9)10)50-33-26-45(57(11,12)13)37-49(50)41-19-18-39-16-14-15-17-40(39)36-41;/h14-35H,1-13H3;14-37H,1-13H3;1H4. The van der Waals surface area contributed by atoms with Crippen molar-refractivity contribution in [2.75, 3.05) is 19.6 Å². The Morgan fingerprint density at radius 1 is 0.256 bits per heavy atom.